The number of nitrogens with zero attached hydrogens (tertiary/aromatic N) is 2. The lowest BCUT2D eigenvalue weighted by molar-refractivity contribution is 0.174. The Balaban J connectivity index is 1.58. The Hall–Kier alpha value is -4.62. The average molecular weight is 423 g/mol. The molecule has 0 aliphatic carbocycles. The largest absolute Gasteiger partial charge is 0.489 e. The van der Waals surface area contributed by atoms with Crippen molar-refractivity contribution in [2.45, 2.75) is 12.5 Å². The van der Waals surface area contributed by atoms with Crippen LogP contribution in [0.25, 0.3) is 0 Å². The fourth-order valence-corrected chi connectivity index (χ4v) is 3.93. The topological polar surface area (TPSA) is 111 Å². The maximum Gasteiger partial charge on any atom is 0.231 e. The second-order valence-corrected chi connectivity index (χ2v) is 7.26. The first-order valence-electron chi connectivity index (χ1n) is 9.90. The Morgan fingerprint density at radius 2 is 1.66 bits per heavy atom. The highest BCUT2D eigenvalue weighted by atomic mass is 16.7. The Morgan fingerprint density at radius 3 is 2.47 bits per heavy atom. The number of fused-ring (bicyclic) bond motifs is 2. The van der Waals surface area contributed by atoms with Gasteiger partial charge in [0, 0.05) is 22.8 Å². The monoisotopic (exact) mass is 423 g/mol. The number of rotatable bonds is 4. The molecule has 156 valence electrons. The molecule has 5 rings (SSSR count). The molecule has 3 aromatic rings. The Morgan fingerprint density at radius 1 is 0.906 bits per heavy atom. The molecule has 2 heterocycles. The van der Waals surface area contributed by atoms with E-state index < -0.39 is 5.92 Å². The van der Waals surface area contributed by atoms with E-state index in [1.165, 1.54) is 0 Å². The third kappa shape index (κ3) is 3.23. The zero-order valence-electron chi connectivity index (χ0n) is 16.9. The third-order valence-electron chi connectivity index (χ3n) is 5.46. The van der Waals surface area contributed by atoms with Gasteiger partial charge in [-0.25, -0.2) is 0 Å². The van der Waals surface area contributed by atoms with Crippen molar-refractivity contribution in [3.63, 3.8) is 0 Å². The molecule has 2 aliphatic heterocycles. The number of benzene rings is 3. The SMILES string of the molecule is N#CC1=C(N)Oc2cc3c(cc2[C@H]1c1ccccc1OCc1ccccc1C#N)OCO3. The van der Waals surface area contributed by atoms with Crippen LogP contribution in [-0.2, 0) is 6.61 Å². The van der Waals surface area contributed by atoms with E-state index in [0.29, 0.717) is 28.6 Å². The summed E-state index contributed by atoms with van der Waals surface area (Å²) in [7, 11) is 0. The Bertz CT molecular complexity index is 1330. The van der Waals surface area contributed by atoms with Crippen LogP contribution in [0.1, 0.15) is 28.2 Å². The van der Waals surface area contributed by atoms with Crippen molar-refractivity contribution in [3.8, 4) is 35.1 Å². The highest BCUT2D eigenvalue weighted by molar-refractivity contribution is 5.63. The van der Waals surface area contributed by atoms with Crippen LogP contribution in [0, 0.1) is 22.7 Å². The highest BCUT2D eigenvalue weighted by Crippen LogP contribution is 2.49. The molecule has 3 aromatic carbocycles. The van der Waals surface area contributed by atoms with Gasteiger partial charge in [-0.3, -0.25) is 0 Å². The van der Waals surface area contributed by atoms with Crippen molar-refractivity contribution in [1.29, 1.82) is 10.5 Å². The lowest BCUT2D eigenvalue weighted by atomic mass is 9.83. The molecule has 7 heteroatoms. The third-order valence-corrected chi connectivity index (χ3v) is 5.46. The van der Waals surface area contributed by atoms with Crippen molar-refractivity contribution < 1.29 is 18.9 Å². The predicted octanol–water partition coefficient (Wildman–Crippen LogP) is 4.08. The van der Waals surface area contributed by atoms with E-state index in [1.807, 2.05) is 48.5 Å². The number of allylic oxidation sites excluding steroid dienone is 1. The van der Waals surface area contributed by atoms with Crippen LogP contribution in [0.2, 0.25) is 0 Å². The molecule has 0 saturated heterocycles. The molecule has 2 aliphatic rings. The maximum absolute atomic E-state index is 9.88. The van der Waals surface area contributed by atoms with Gasteiger partial charge in [-0.15, -0.1) is 0 Å². The number of hydrogen-bond acceptors (Lipinski definition) is 7. The summed E-state index contributed by atoms with van der Waals surface area (Å²) in [5.74, 6) is 1.75. The van der Waals surface area contributed by atoms with E-state index >= 15 is 0 Å². The molecule has 0 spiro atoms. The van der Waals surface area contributed by atoms with Crippen LogP contribution in [0.15, 0.2) is 72.1 Å². The minimum atomic E-state index is -0.513. The second kappa shape index (κ2) is 7.90. The molecular weight excluding hydrogens is 406 g/mol. The number of hydrogen-bond donors (Lipinski definition) is 1. The molecule has 0 unspecified atom stereocenters. The van der Waals surface area contributed by atoms with Crippen LogP contribution in [0.3, 0.4) is 0 Å². The summed E-state index contributed by atoms with van der Waals surface area (Å²) in [5, 5.41) is 19.2. The van der Waals surface area contributed by atoms with Gasteiger partial charge in [0.25, 0.3) is 0 Å². The van der Waals surface area contributed by atoms with Gasteiger partial charge in [0.15, 0.2) is 11.5 Å². The molecular formula is C25H17N3O4. The molecule has 2 N–H and O–H groups in total. The lowest BCUT2D eigenvalue weighted by Crippen LogP contribution is -2.21. The molecule has 0 fully saturated rings. The van der Waals surface area contributed by atoms with Crippen LogP contribution < -0.4 is 24.7 Å². The molecule has 32 heavy (non-hydrogen) atoms. The lowest BCUT2D eigenvalue weighted by Gasteiger charge is -2.28. The van der Waals surface area contributed by atoms with Gasteiger partial charge in [-0.05, 0) is 18.2 Å². The average Bonchev–Trinajstić information content (AvgIpc) is 3.28. The van der Waals surface area contributed by atoms with E-state index in [1.54, 1.807) is 12.1 Å². The zero-order valence-corrected chi connectivity index (χ0v) is 16.9. The van der Waals surface area contributed by atoms with E-state index in [0.717, 1.165) is 16.7 Å². The molecule has 0 radical (unpaired) electrons. The number of nitrogens with two attached hydrogens (primary N) is 1. The second-order valence-electron chi connectivity index (χ2n) is 7.26. The molecule has 0 saturated carbocycles. The predicted molar refractivity (Wildman–Crippen MR) is 114 cm³/mol. The number of ether oxygens (including phenoxy) is 4. The Labute approximate surface area is 184 Å². The summed E-state index contributed by atoms with van der Waals surface area (Å²) in [6.45, 7) is 0.327. The number of para-hydroxylation sites is 1. The van der Waals surface area contributed by atoms with Gasteiger partial charge in [0.05, 0.1) is 17.6 Å². The van der Waals surface area contributed by atoms with Crippen molar-refractivity contribution in [2.24, 2.45) is 5.73 Å². The fraction of sp³-hybridized carbons (Fsp3) is 0.120. The summed E-state index contributed by atoms with van der Waals surface area (Å²) in [5.41, 5.74) is 9.21. The summed E-state index contributed by atoms with van der Waals surface area (Å²) in [6.07, 6.45) is 0. The van der Waals surface area contributed by atoms with Crippen LogP contribution in [0.4, 0.5) is 0 Å². The minimum Gasteiger partial charge on any atom is -0.489 e. The fourth-order valence-electron chi connectivity index (χ4n) is 3.93. The van der Waals surface area contributed by atoms with Crippen LogP contribution >= 0.6 is 0 Å². The highest BCUT2D eigenvalue weighted by Gasteiger charge is 2.34. The first-order valence-corrected chi connectivity index (χ1v) is 9.90. The Kier molecular flexibility index (Phi) is 4.78. The first kappa shape index (κ1) is 19.3. The quantitative estimate of drug-likeness (QED) is 0.673. The van der Waals surface area contributed by atoms with E-state index in [-0.39, 0.29) is 24.9 Å². The molecule has 0 aromatic heterocycles. The van der Waals surface area contributed by atoms with Gasteiger partial charge >= 0.3 is 0 Å². The van der Waals surface area contributed by atoms with E-state index in [4.69, 9.17) is 24.7 Å². The summed E-state index contributed by atoms with van der Waals surface area (Å²) < 4.78 is 22.9. The molecule has 0 amide bonds. The molecule has 1 atom stereocenters. The summed E-state index contributed by atoms with van der Waals surface area (Å²) in [6, 6.07) is 22.6. The normalized spacial score (nSPS) is 15.9. The van der Waals surface area contributed by atoms with Crippen molar-refractivity contribution in [2.75, 3.05) is 6.79 Å². The van der Waals surface area contributed by atoms with E-state index in [9.17, 15) is 10.5 Å². The van der Waals surface area contributed by atoms with Crippen LogP contribution in [0.5, 0.6) is 23.0 Å². The van der Waals surface area contributed by atoms with Gasteiger partial charge in [0.1, 0.15) is 29.7 Å². The van der Waals surface area contributed by atoms with Gasteiger partial charge < -0.3 is 24.7 Å². The smallest absolute Gasteiger partial charge is 0.231 e. The summed E-state index contributed by atoms with van der Waals surface area (Å²) >= 11 is 0. The standard InChI is InChI=1S/C25H17N3O4/c26-11-15-5-1-2-6-16(15)13-29-20-8-4-3-7-17(20)24-18-9-22-23(31-14-30-22)10-21(18)32-25(28)19(24)12-27/h1-10,24H,13-14,28H2/t24-/m1/s1. The zero-order chi connectivity index (χ0) is 22.1. The number of nitriles is 2. The van der Waals surface area contributed by atoms with Gasteiger partial charge in [-0.1, -0.05) is 36.4 Å². The van der Waals surface area contributed by atoms with Gasteiger partial charge in [-0.2, -0.15) is 10.5 Å². The van der Waals surface area contributed by atoms with Crippen LogP contribution in [-0.4, -0.2) is 6.79 Å². The summed E-state index contributed by atoms with van der Waals surface area (Å²) in [4.78, 5) is 0. The minimum absolute atomic E-state index is 0.0356. The maximum atomic E-state index is 9.88. The first-order chi connectivity index (χ1) is 15.7. The van der Waals surface area contributed by atoms with Crippen molar-refractivity contribution in [3.05, 3.63) is 94.4 Å². The van der Waals surface area contributed by atoms with E-state index in [2.05, 4.69) is 12.1 Å². The molecule has 7 nitrogen and oxygen atoms in total. The van der Waals surface area contributed by atoms with Gasteiger partial charge in [0.2, 0.25) is 12.7 Å². The molecule has 0 bridgehead atoms. The van der Waals surface area contributed by atoms with Crippen molar-refractivity contribution >= 4 is 0 Å². The van der Waals surface area contributed by atoms with Crippen molar-refractivity contribution in [1.82, 2.24) is 0 Å².